The van der Waals surface area contributed by atoms with Gasteiger partial charge in [-0.3, -0.25) is 19.8 Å². The van der Waals surface area contributed by atoms with Crippen LogP contribution in [0.4, 0.5) is 5.82 Å². The molecule has 3 rings (SSSR count). The summed E-state index contributed by atoms with van der Waals surface area (Å²) in [5.41, 5.74) is 3.52. The van der Waals surface area contributed by atoms with Crippen LogP contribution in [-0.2, 0) is 24.0 Å². The second kappa shape index (κ2) is 7.94. The number of hydrogen-bond donors (Lipinski definition) is 1. The third-order valence-corrected chi connectivity index (χ3v) is 4.31. The molecule has 142 valence electrons. The van der Waals surface area contributed by atoms with Crippen LogP contribution in [0.15, 0.2) is 23.4 Å². The molecule has 1 aliphatic carbocycles. The zero-order chi connectivity index (χ0) is 19.4. The van der Waals surface area contributed by atoms with E-state index in [0.717, 1.165) is 6.42 Å². The zero-order valence-electron chi connectivity index (χ0n) is 14.6. The van der Waals surface area contributed by atoms with Crippen LogP contribution in [0.2, 0.25) is 0 Å². The van der Waals surface area contributed by atoms with Crippen molar-refractivity contribution in [3.05, 3.63) is 23.9 Å². The lowest BCUT2D eigenvalue weighted by Crippen LogP contribution is -2.32. The molecular weight excluding hydrogens is 356 g/mol. The number of esters is 1. The third-order valence-electron chi connectivity index (χ3n) is 4.31. The molecule has 1 aromatic heterocycles. The molecule has 1 saturated heterocycles. The first kappa shape index (κ1) is 18.5. The van der Waals surface area contributed by atoms with Crippen LogP contribution in [-0.4, -0.2) is 46.6 Å². The van der Waals surface area contributed by atoms with E-state index in [-0.39, 0.29) is 30.3 Å². The van der Waals surface area contributed by atoms with Gasteiger partial charge in [0.05, 0.1) is 24.3 Å². The van der Waals surface area contributed by atoms with E-state index in [1.807, 2.05) is 0 Å². The lowest BCUT2D eigenvalue weighted by molar-refractivity contribution is -0.172. The highest BCUT2D eigenvalue weighted by molar-refractivity contribution is 6.04. The number of rotatable bonds is 5. The average molecular weight is 374 g/mol. The Morgan fingerprint density at radius 3 is 2.59 bits per heavy atom. The van der Waals surface area contributed by atoms with E-state index in [2.05, 4.69) is 15.5 Å². The Balaban J connectivity index is 1.61. The number of ether oxygens (including phenoxy) is 1. The van der Waals surface area contributed by atoms with Crippen molar-refractivity contribution in [3.8, 4) is 0 Å². The number of methoxy groups -OCH3 is 1. The fraction of sp³-hybridized carbons (Fsp3) is 0.412. The molecule has 2 heterocycles. The molecule has 2 fully saturated rings. The second-order valence-electron chi connectivity index (χ2n) is 6.08. The molecule has 0 bridgehead atoms. The van der Waals surface area contributed by atoms with Gasteiger partial charge in [0, 0.05) is 19.0 Å². The summed E-state index contributed by atoms with van der Waals surface area (Å²) in [4.78, 5) is 55.5. The van der Waals surface area contributed by atoms with Crippen LogP contribution in [0.1, 0.15) is 42.5 Å². The average Bonchev–Trinajstić information content (AvgIpc) is 3.28. The van der Waals surface area contributed by atoms with E-state index in [4.69, 9.17) is 9.57 Å². The Bertz CT molecular complexity index is 788. The van der Waals surface area contributed by atoms with E-state index in [1.165, 1.54) is 25.4 Å². The van der Waals surface area contributed by atoms with Gasteiger partial charge in [-0.2, -0.15) is 5.10 Å². The van der Waals surface area contributed by atoms with Gasteiger partial charge in [-0.25, -0.2) is 9.78 Å². The van der Waals surface area contributed by atoms with E-state index >= 15 is 0 Å². The molecule has 1 atom stereocenters. The number of nitrogens with zero attached hydrogens (tertiary/aromatic N) is 3. The Morgan fingerprint density at radius 1 is 1.22 bits per heavy atom. The molecule has 10 heteroatoms. The van der Waals surface area contributed by atoms with Crippen molar-refractivity contribution in [3.63, 3.8) is 0 Å². The van der Waals surface area contributed by atoms with Crippen LogP contribution in [0.3, 0.4) is 0 Å². The Kier molecular flexibility index (Phi) is 5.43. The summed E-state index contributed by atoms with van der Waals surface area (Å²) in [7, 11) is 1.34. The number of pyridine rings is 1. The summed E-state index contributed by atoms with van der Waals surface area (Å²) in [6.07, 6.45) is 3.53. The number of hydrogen-bond acceptors (Lipinski definition) is 9. The highest BCUT2D eigenvalue weighted by Crippen LogP contribution is 2.24. The van der Waals surface area contributed by atoms with Crippen molar-refractivity contribution in [2.75, 3.05) is 12.5 Å². The van der Waals surface area contributed by atoms with Gasteiger partial charge < -0.3 is 9.57 Å². The highest BCUT2D eigenvalue weighted by Gasteiger charge is 2.33. The number of carbonyl (C=O) groups is 4. The predicted octanol–water partition coefficient (Wildman–Crippen LogP) is 1.04. The number of hydrazone groups is 1. The minimum absolute atomic E-state index is 0.0279. The minimum Gasteiger partial charge on any atom is -0.469 e. The van der Waals surface area contributed by atoms with Gasteiger partial charge in [0.1, 0.15) is 5.82 Å². The van der Waals surface area contributed by atoms with Crippen molar-refractivity contribution in [2.45, 2.75) is 32.1 Å². The first-order chi connectivity index (χ1) is 13.0. The molecule has 2 aliphatic rings. The molecule has 1 saturated carbocycles. The van der Waals surface area contributed by atoms with Gasteiger partial charge in [-0.15, -0.1) is 5.06 Å². The monoisotopic (exact) mass is 374 g/mol. The van der Waals surface area contributed by atoms with Gasteiger partial charge >= 0.3 is 11.9 Å². The Hall–Kier alpha value is -3.30. The van der Waals surface area contributed by atoms with E-state index in [9.17, 15) is 19.2 Å². The molecule has 2 amide bonds. The van der Waals surface area contributed by atoms with Crippen molar-refractivity contribution >= 4 is 35.3 Å². The second-order valence-corrected chi connectivity index (χ2v) is 6.08. The molecule has 27 heavy (non-hydrogen) atoms. The van der Waals surface area contributed by atoms with Gasteiger partial charge in [-0.1, -0.05) is 0 Å². The number of amides is 2. The topological polar surface area (TPSA) is 127 Å². The van der Waals surface area contributed by atoms with E-state index in [1.54, 1.807) is 0 Å². The number of aromatic nitrogens is 1. The lowest BCUT2D eigenvalue weighted by Gasteiger charge is -2.12. The van der Waals surface area contributed by atoms with Crippen molar-refractivity contribution < 1.29 is 28.8 Å². The SMILES string of the molecule is COC(=O)C1CCC/C1=N\Nc1ccc(C(=O)ON2C(=O)CCC2=O)cn1. The fourth-order valence-corrected chi connectivity index (χ4v) is 2.86. The molecule has 0 spiro atoms. The quantitative estimate of drug-likeness (QED) is 0.460. The summed E-state index contributed by atoms with van der Waals surface area (Å²) in [6, 6.07) is 2.92. The van der Waals surface area contributed by atoms with Crippen molar-refractivity contribution in [1.29, 1.82) is 0 Å². The van der Waals surface area contributed by atoms with Gasteiger partial charge in [0.25, 0.3) is 11.8 Å². The molecule has 1 aliphatic heterocycles. The van der Waals surface area contributed by atoms with Crippen LogP contribution in [0.25, 0.3) is 0 Å². The van der Waals surface area contributed by atoms with Crippen LogP contribution in [0.5, 0.6) is 0 Å². The maximum Gasteiger partial charge on any atom is 0.365 e. The minimum atomic E-state index is -0.856. The van der Waals surface area contributed by atoms with Crippen molar-refractivity contribution in [2.24, 2.45) is 11.0 Å². The lowest BCUT2D eigenvalue weighted by atomic mass is 10.1. The third kappa shape index (κ3) is 4.10. The van der Waals surface area contributed by atoms with E-state index < -0.39 is 17.8 Å². The fourth-order valence-electron chi connectivity index (χ4n) is 2.86. The van der Waals surface area contributed by atoms with Crippen molar-refractivity contribution in [1.82, 2.24) is 10.0 Å². The van der Waals surface area contributed by atoms with Gasteiger partial charge in [0.2, 0.25) is 0 Å². The van der Waals surface area contributed by atoms with Crippen LogP contribution in [0, 0.1) is 5.92 Å². The first-order valence-electron chi connectivity index (χ1n) is 8.44. The molecule has 0 radical (unpaired) electrons. The zero-order valence-corrected chi connectivity index (χ0v) is 14.6. The molecule has 1 aromatic rings. The first-order valence-corrected chi connectivity index (χ1v) is 8.44. The molecular formula is C17H18N4O6. The maximum atomic E-state index is 12.0. The normalized spacial score (nSPS) is 20.9. The molecule has 1 unspecified atom stereocenters. The number of anilines is 1. The highest BCUT2D eigenvalue weighted by atomic mass is 16.7. The van der Waals surface area contributed by atoms with Gasteiger partial charge in [0.15, 0.2) is 0 Å². The smallest absolute Gasteiger partial charge is 0.365 e. The summed E-state index contributed by atoms with van der Waals surface area (Å²) in [5.74, 6) is -2.26. The number of imide groups is 1. The number of nitrogens with one attached hydrogen (secondary N) is 1. The summed E-state index contributed by atoms with van der Waals surface area (Å²) in [5, 5.41) is 4.69. The largest absolute Gasteiger partial charge is 0.469 e. The summed E-state index contributed by atoms with van der Waals surface area (Å²) in [6.45, 7) is 0. The van der Waals surface area contributed by atoms with Crippen LogP contribution < -0.4 is 5.43 Å². The molecule has 10 nitrogen and oxygen atoms in total. The number of hydroxylamine groups is 2. The number of carbonyl (C=O) groups excluding carboxylic acids is 4. The van der Waals surface area contributed by atoms with Gasteiger partial charge in [-0.05, 0) is 31.4 Å². The van der Waals surface area contributed by atoms with E-state index in [0.29, 0.717) is 29.4 Å². The summed E-state index contributed by atoms with van der Waals surface area (Å²) >= 11 is 0. The standard InChI is InChI=1S/C17H18N4O6/c1-26-17(25)11-3-2-4-12(11)19-20-13-6-5-10(9-18-13)16(24)27-21-14(22)7-8-15(21)23/h5-6,9,11H,2-4,7-8H2,1H3,(H,18,20)/b19-12+. The summed E-state index contributed by atoms with van der Waals surface area (Å²) < 4.78 is 4.76. The predicted molar refractivity (Wildman–Crippen MR) is 91.2 cm³/mol. The molecule has 1 N–H and O–H groups in total. The maximum absolute atomic E-state index is 12.0. The Morgan fingerprint density at radius 2 is 1.96 bits per heavy atom. The Labute approximate surface area is 154 Å². The molecule has 0 aromatic carbocycles. The van der Waals surface area contributed by atoms with Crippen LogP contribution >= 0.6 is 0 Å².